The highest BCUT2D eigenvalue weighted by molar-refractivity contribution is 6.07. The van der Waals surface area contributed by atoms with Gasteiger partial charge in [0, 0.05) is 10.9 Å². The predicted octanol–water partition coefficient (Wildman–Crippen LogP) is 0.440. The van der Waals surface area contributed by atoms with E-state index in [0.717, 1.165) is 10.9 Å². The minimum absolute atomic E-state index is 0.105. The number of aromatic nitrogens is 2. The van der Waals surface area contributed by atoms with E-state index in [9.17, 15) is 14.4 Å². The molecule has 2 N–H and O–H groups in total. The van der Waals surface area contributed by atoms with Crippen LogP contribution in [-0.2, 0) is 9.59 Å². The molecule has 2 aromatic rings. The second-order valence-electron chi connectivity index (χ2n) is 4.94. The van der Waals surface area contributed by atoms with Crippen LogP contribution in [-0.4, -0.2) is 45.4 Å². The van der Waals surface area contributed by atoms with Crippen LogP contribution >= 0.6 is 0 Å². The number of piperazine rings is 1. The first-order chi connectivity index (χ1) is 10.1. The summed E-state index contributed by atoms with van der Waals surface area (Å²) >= 11 is 0. The van der Waals surface area contributed by atoms with Crippen LogP contribution in [0.25, 0.3) is 10.9 Å². The lowest BCUT2D eigenvalue weighted by Gasteiger charge is -2.33. The van der Waals surface area contributed by atoms with Crippen molar-refractivity contribution in [2.24, 2.45) is 0 Å². The van der Waals surface area contributed by atoms with Gasteiger partial charge in [-0.25, -0.2) is 0 Å². The van der Waals surface area contributed by atoms with Crippen LogP contribution in [0.2, 0.25) is 0 Å². The van der Waals surface area contributed by atoms with Crippen molar-refractivity contribution in [1.82, 2.24) is 20.4 Å². The molecule has 1 atom stereocenters. The van der Waals surface area contributed by atoms with E-state index in [-0.39, 0.29) is 12.5 Å². The number of aromatic amines is 1. The zero-order valence-electron chi connectivity index (χ0n) is 11.4. The molecule has 1 fully saturated rings. The Labute approximate surface area is 120 Å². The molecule has 0 radical (unpaired) electrons. The molecule has 1 aromatic heterocycles. The number of benzene rings is 1. The standard InChI is InChI=1S/C14H14N4O3/c1-2-11-13(20)16-12(19)7-18(11)14(21)8-3-4-10-9(5-8)6-15-17-10/h3-6,11H,2,7H2,1H3,(H,15,17)(H,16,19,20). The molecule has 108 valence electrons. The Morgan fingerprint density at radius 1 is 1.43 bits per heavy atom. The van der Waals surface area contributed by atoms with Gasteiger partial charge in [-0.3, -0.25) is 24.8 Å². The molecule has 0 bridgehead atoms. The van der Waals surface area contributed by atoms with Crippen molar-refractivity contribution < 1.29 is 14.4 Å². The van der Waals surface area contributed by atoms with Crippen molar-refractivity contribution in [2.45, 2.75) is 19.4 Å². The van der Waals surface area contributed by atoms with E-state index in [1.807, 2.05) is 0 Å². The van der Waals surface area contributed by atoms with E-state index in [1.54, 1.807) is 31.3 Å². The summed E-state index contributed by atoms with van der Waals surface area (Å²) in [6.45, 7) is 1.70. The summed E-state index contributed by atoms with van der Waals surface area (Å²) in [6.07, 6.45) is 2.08. The smallest absolute Gasteiger partial charge is 0.255 e. The molecule has 0 saturated carbocycles. The van der Waals surface area contributed by atoms with E-state index < -0.39 is 17.9 Å². The first kappa shape index (κ1) is 13.3. The van der Waals surface area contributed by atoms with E-state index in [2.05, 4.69) is 15.5 Å². The lowest BCUT2D eigenvalue weighted by atomic mass is 10.1. The Morgan fingerprint density at radius 3 is 3.00 bits per heavy atom. The molecule has 0 spiro atoms. The third-order valence-corrected chi connectivity index (χ3v) is 3.59. The van der Waals surface area contributed by atoms with Crippen LogP contribution in [0.1, 0.15) is 23.7 Å². The SMILES string of the molecule is CCC1C(=O)NC(=O)CN1C(=O)c1ccc2[nH]ncc2c1. The third-order valence-electron chi connectivity index (χ3n) is 3.59. The summed E-state index contributed by atoms with van der Waals surface area (Å²) in [7, 11) is 0. The third kappa shape index (κ3) is 2.26. The number of nitrogens with zero attached hydrogens (tertiary/aromatic N) is 2. The molecule has 1 aliphatic heterocycles. The lowest BCUT2D eigenvalue weighted by Crippen LogP contribution is -2.59. The molecule has 1 aromatic carbocycles. The number of hydrogen-bond acceptors (Lipinski definition) is 4. The van der Waals surface area contributed by atoms with E-state index in [0.29, 0.717) is 12.0 Å². The van der Waals surface area contributed by atoms with Crippen LogP contribution < -0.4 is 5.32 Å². The van der Waals surface area contributed by atoms with E-state index in [4.69, 9.17) is 0 Å². The van der Waals surface area contributed by atoms with Crippen LogP contribution in [0, 0.1) is 0 Å². The summed E-state index contributed by atoms with van der Waals surface area (Å²) in [5.41, 5.74) is 1.26. The molecule has 1 unspecified atom stereocenters. The van der Waals surface area contributed by atoms with Crippen LogP contribution in [0.4, 0.5) is 0 Å². The number of nitrogens with one attached hydrogen (secondary N) is 2. The zero-order chi connectivity index (χ0) is 15.0. The van der Waals surface area contributed by atoms with Crippen molar-refractivity contribution in [3.63, 3.8) is 0 Å². The number of carbonyl (C=O) groups excluding carboxylic acids is 3. The number of amides is 3. The van der Waals surface area contributed by atoms with Crippen molar-refractivity contribution in [3.05, 3.63) is 30.0 Å². The van der Waals surface area contributed by atoms with Gasteiger partial charge in [0.15, 0.2) is 0 Å². The van der Waals surface area contributed by atoms with Gasteiger partial charge in [0.2, 0.25) is 11.8 Å². The van der Waals surface area contributed by atoms with Crippen molar-refractivity contribution >= 4 is 28.6 Å². The van der Waals surface area contributed by atoms with Crippen molar-refractivity contribution in [2.75, 3.05) is 6.54 Å². The number of rotatable bonds is 2. The van der Waals surface area contributed by atoms with E-state index >= 15 is 0 Å². The molecule has 1 aliphatic rings. The zero-order valence-corrected chi connectivity index (χ0v) is 11.4. The molecule has 2 heterocycles. The molecule has 21 heavy (non-hydrogen) atoms. The lowest BCUT2D eigenvalue weighted by molar-refractivity contribution is -0.138. The number of imide groups is 1. The highest BCUT2D eigenvalue weighted by Crippen LogP contribution is 2.18. The summed E-state index contributed by atoms with van der Waals surface area (Å²) in [5, 5.41) is 9.77. The Hall–Kier alpha value is -2.70. The van der Waals surface area contributed by atoms with Crippen LogP contribution in [0.15, 0.2) is 24.4 Å². The minimum Gasteiger partial charge on any atom is -0.317 e. The Kier molecular flexibility index (Phi) is 3.17. The minimum atomic E-state index is -0.616. The predicted molar refractivity (Wildman–Crippen MR) is 74.4 cm³/mol. The average molecular weight is 286 g/mol. The molecular weight excluding hydrogens is 272 g/mol. The van der Waals surface area contributed by atoms with Gasteiger partial charge in [0.05, 0.1) is 11.7 Å². The molecule has 3 rings (SSSR count). The maximum atomic E-state index is 12.6. The van der Waals surface area contributed by atoms with Gasteiger partial charge in [0.1, 0.15) is 12.6 Å². The summed E-state index contributed by atoms with van der Waals surface area (Å²) in [5.74, 6) is -1.21. The summed E-state index contributed by atoms with van der Waals surface area (Å²) in [4.78, 5) is 37.2. The van der Waals surface area contributed by atoms with Gasteiger partial charge in [-0.05, 0) is 24.6 Å². The highest BCUT2D eigenvalue weighted by Gasteiger charge is 2.35. The number of carbonyl (C=O) groups is 3. The van der Waals surface area contributed by atoms with Gasteiger partial charge in [-0.1, -0.05) is 6.92 Å². The summed E-state index contributed by atoms with van der Waals surface area (Å²) in [6, 6.07) is 4.50. The number of H-pyrrole nitrogens is 1. The quantitative estimate of drug-likeness (QED) is 0.783. The van der Waals surface area contributed by atoms with Crippen molar-refractivity contribution in [3.8, 4) is 0 Å². The van der Waals surface area contributed by atoms with Crippen molar-refractivity contribution in [1.29, 1.82) is 0 Å². The van der Waals surface area contributed by atoms with Crippen LogP contribution in [0.3, 0.4) is 0 Å². The second kappa shape index (κ2) is 5.01. The average Bonchev–Trinajstić information content (AvgIpc) is 2.93. The Balaban J connectivity index is 1.95. The monoisotopic (exact) mass is 286 g/mol. The largest absolute Gasteiger partial charge is 0.317 e. The number of fused-ring (bicyclic) bond motifs is 1. The maximum absolute atomic E-state index is 12.6. The molecule has 7 nitrogen and oxygen atoms in total. The topological polar surface area (TPSA) is 95.2 Å². The van der Waals surface area contributed by atoms with E-state index in [1.165, 1.54) is 4.90 Å². The Morgan fingerprint density at radius 2 is 2.24 bits per heavy atom. The highest BCUT2D eigenvalue weighted by atomic mass is 16.2. The molecule has 3 amide bonds. The van der Waals surface area contributed by atoms with Gasteiger partial charge >= 0.3 is 0 Å². The molecule has 0 aliphatic carbocycles. The van der Waals surface area contributed by atoms with Gasteiger partial charge in [-0.2, -0.15) is 5.10 Å². The summed E-state index contributed by atoms with van der Waals surface area (Å²) < 4.78 is 0. The second-order valence-corrected chi connectivity index (χ2v) is 4.94. The maximum Gasteiger partial charge on any atom is 0.255 e. The molecular formula is C14H14N4O3. The normalized spacial score (nSPS) is 18.9. The molecule has 1 saturated heterocycles. The molecule has 7 heteroatoms. The van der Waals surface area contributed by atoms with Crippen LogP contribution in [0.5, 0.6) is 0 Å². The fourth-order valence-corrected chi connectivity index (χ4v) is 2.53. The first-order valence-electron chi connectivity index (χ1n) is 6.68. The first-order valence-corrected chi connectivity index (χ1v) is 6.68. The number of hydrogen-bond donors (Lipinski definition) is 2. The van der Waals surface area contributed by atoms with Gasteiger partial charge in [-0.15, -0.1) is 0 Å². The van der Waals surface area contributed by atoms with Gasteiger partial charge in [0.25, 0.3) is 5.91 Å². The van der Waals surface area contributed by atoms with Gasteiger partial charge < -0.3 is 4.90 Å². The fourth-order valence-electron chi connectivity index (χ4n) is 2.53. The fraction of sp³-hybridized carbons (Fsp3) is 0.286. The Bertz CT molecular complexity index is 737.